The number of aryl methyl sites for hydroxylation is 1. The van der Waals surface area contributed by atoms with Crippen molar-refractivity contribution in [2.24, 2.45) is 0 Å². The van der Waals surface area contributed by atoms with E-state index in [1.165, 1.54) is 6.07 Å². The third-order valence-electron chi connectivity index (χ3n) is 5.74. The molecule has 6 nitrogen and oxygen atoms in total. The van der Waals surface area contributed by atoms with E-state index < -0.39 is 5.78 Å². The van der Waals surface area contributed by atoms with Crippen molar-refractivity contribution in [2.45, 2.75) is 19.4 Å². The fourth-order valence-corrected chi connectivity index (χ4v) is 4.34. The summed E-state index contributed by atoms with van der Waals surface area (Å²) in [5.41, 5.74) is 3.74. The Balaban J connectivity index is 1.73. The second-order valence-electron chi connectivity index (χ2n) is 7.84. The number of nitriles is 1. The number of hydrogen-bond donors (Lipinski definition) is 2. The van der Waals surface area contributed by atoms with Gasteiger partial charge in [0.1, 0.15) is 22.8 Å². The molecule has 6 heteroatoms. The summed E-state index contributed by atoms with van der Waals surface area (Å²) < 4.78 is 7.94. The fraction of sp³-hybridized carbons (Fsp3) is 0.111. The van der Waals surface area contributed by atoms with Crippen molar-refractivity contribution in [1.29, 1.82) is 5.26 Å². The molecule has 0 aliphatic carbocycles. The number of aromatic hydroxyl groups is 2. The Labute approximate surface area is 190 Å². The Morgan fingerprint density at radius 1 is 1.03 bits per heavy atom. The number of Topliss-reactive ketones (excluding diaryl/α,β-unsaturated/α-hetero) is 1. The van der Waals surface area contributed by atoms with Crippen molar-refractivity contribution in [2.75, 3.05) is 0 Å². The van der Waals surface area contributed by atoms with Gasteiger partial charge in [-0.05, 0) is 24.1 Å². The topological polar surface area (TPSA) is 95.5 Å². The summed E-state index contributed by atoms with van der Waals surface area (Å²) >= 11 is 0. The van der Waals surface area contributed by atoms with Crippen LogP contribution in [0.1, 0.15) is 28.8 Å². The number of para-hydroxylation sites is 1. The Kier molecular flexibility index (Phi) is 5.08. The molecule has 2 heterocycles. The van der Waals surface area contributed by atoms with E-state index in [9.17, 15) is 15.0 Å². The summed E-state index contributed by atoms with van der Waals surface area (Å²) in [5, 5.41) is 29.9. The van der Waals surface area contributed by atoms with Gasteiger partial charge in [-0.1, -0.05) is 48.5 Å². The molecule has 0 bridgehead atoms. The van der Waals surface area contributed by atoms with Crippen molar-refractivity contribution < 1.29 is 19.7 Å². The zero-order valence-corrected chi connectivity index (χ0v) is 17.7. The molecule has 0 saturated heterocycles. The first kappa shape index (κ1) is 20.4. The van der Waals surface area contributed by atoms with Crippen molar-refractivity contribution in [3.05, 3.63) is 83.6 Å². The molecule has 0 spiro atoms. The molecule has 33 heavy (non-hydrogen) atoms. The highest BCUT2D eigenvalue weighted by Gasteiger charge is 2.32. The number of phenolic OH excluding ortho intramolecular Hbond substituents is 2. The van der Waals surface area contributed by atoms with Gasteiger partial charge >= 0.3 is 0 Å². The van der Waals surface area contributed by atoms with Gasteiger partial charge in [0.05, 0.1) is 11.8 Å². The van der Waals surface area contributed by atoms with Gasteiger partial charge in [0.15, 0.2) is 5.76 Å². The van der Waals surface area contributed by atoms with Crippen LogP contribution in [0, 0.1) is 11.3 Å². The lowest BCUT2D eigenvalue weighted by molar-refractivity contribution is 0.101. The summed E-state index contributed by atoms with van der Waals surface area (Å²) in [4.78, 5) is 13.1. The molecule has 0 radical (unpaired) electrons. The van der Waals surface area contributed by atoms with E-state index in [4.69, 9.17) is 10.00 Å². The number of ketones is 1. The molecule has 1 aliphatic rings. The molecule has 4 aromatic rings. The predicted molar refractivity (Wildman–Crippen MR) is 125 cm³/mol. The smallest absolute Gasteiger partial charge is 0.235 e. The number of rotatable bonds is 5. The van der Waals surface area contributed by atoms with Crippen LogP contribution in [0.2, 0.25) is 0 Å². The molecule has 5 rings (SSSR count). The number of fused-ring (bicyclic) bond motifs is 2. The van der Waals surface area contributed by atoms with E-state index in [-0.39, 0.29) is 28.6 Å². The van der Waals surface area contributed by atoms with E-state index in [2.05, 4.69) is 10.6 Å². The number of unbranched alkanes of at least 4 members (excludes halogenated alkanes) is 1. The van der Waals surface area contributed by atoms with E-state index in [1.54, 1.807) is 6.08 Å². The van der Waals surface area contributed by atoms with Crippen LogP contribution in [-0.4, -0.2) is 20.6 Å². The van der Waals surface area contributed by atoms with Crippen molar-refractivity contribution >= 4 is 22.8 Å². The zero-order valence-electron chi connectivity index (χ0n) is 17.7. The number of benzene rings is 3. The van der Waals surface area contributed by atoms with Crippen molar-refractivity contribution in [3.63, 3.8) is 0 Å². The molecule has 0 fully saturated rings. The van der Waals surface area contributed by atoms with Crippen LogP contribution in [0.15, 0.2) is 72.5 Å². The van der Waals surface area contributed by atoms with E-state index >= 15 is 0 Å². The maximum absolute atomic E-state index is 13.1. The molecule has 1 aliphatic heterocycles. The lowest BCUT2D eigenvalue weighted by Crippen LogP contribution is -2.02. The Morgan fingerprint density at radius 2 is 1.79 bits per heavy atom. The fourth-order valence-electron chi connectivity index (χ4n) is 4.34. The first-order valence-corrected chi connectivity index (χ1v) is 10.6. The molecule has 162 valence electrons. The average molecular weight is 436 g/mol. The second kappa shape index (κ2) is 8.21. The van der Waals surface area contributed by atoms with Crippen molar-refractivity contribution in [3.8, 4) is 34.6 Å². The molecule has 0 atom stereocenters. The summed E-state index contributed by atoms with van der Waals surface area (Å²) in [6, 6.07) is 22.4. The van der Waals surface area contributed by atoms with Gasteiger partial charge in [-0.2, -0.15) is 5.26 Å². The molecular weight excluding hydrogens is 416 g/mol. The number of ether oxygens (including phenoxy) is 1. The van der Waals surface area contributed by atoms with Gasteiger partial charge in [0.2, 0.25) is 5.78 Å². The lowest BCUT2D eigenvalue weighted by atomic mass is 10.0. The third kappa shape index (κ3) is 3.50. The Morgan fingerprint density at radius 3 is 2.58 bits per heavy atom. The van der Waals surface area contributed by atoms with E-state index in [0.29, 0.717) is 19.4 Å². The predicted octanol–water partition coefficient (Wildman–Crippen LogP) is 5.64. The van der Waals surface area contributed by atoms with Crippen LogP contribution in [0.3, 0.4) is 0 Å². The number of allylic oxidation sites excluding steroid dienone is 1. The normalized spacial score (nSPS) is 13.8. The van der Waals surface area contributed by atoms with Gasteiger partial charge in [-0.25, -0.2) is 0 Å². The molecular formula is C27H20N2O4. The van der Waals surface area contributed by atoms with Crippen LogP contribution in [0.5, 0.6) is 17.2 Å². The summed E-state index contributed by atoms with van der Waals surface area (Å²) in [7, 11) is 0. The minimum atomic E-state index is -0.442. The van der Waals surface area contributed by atoms with E-state index in [1.807, 2.05) is 54.6 Å². The van der Waals surface area contributed by atoms with Gasteiger partial charge in [0.25, 0.3) is 0 Å². The zero-order chi connectivity index (χ0) is 22.9. The number of hydrogen-bond acceptors (Lipinski definition) is 5. The number of nitrogens with zero attached hydrogens (tertiary/aromatic N) is 2. The quantitative estimate of drug-likeness (QED) is 0.312. The maximum atomic E-state index is 13.1. The first-order chi connectivity index (χ1) is 16.1. The van der Waals surface area contributed by atoms with Gasteiger partial charge in [0, 0.05) is 41.6 Å². The Hall–Kier alpha value is -4.50. The molecule has 3 aromatic carbocycles. The van der Waals surface area contributed by atoms with Crippen molar-refractivity contribution in [1.82, 2.24) is 4.57 Å². The van der Waals surface area contributed by atoms with Crippen LogP contribution in [-0.2, 0) is 6.54 Å². The summed E-state index contributed by atoms with van der Waals surface area (Å²) in [5.74, 6) is -0.742. The maximum Gasteiger partial charge on any atom is 0.235 e. The van der Waals surface area contributed by atoms with Gasteiger partial charge in [-0.15, -0.1) is 0 Å². The summed E-state index contributed by atoms with van der Waals surface area (Å²) in [6.07, 6.45) is 2.83. The lowest BCUT2D eigenvalue weighted by Gasteiger charge is -2.11. The largest absolute Gasteiger partial charge is 0.508 e. The highest BCUT2D eigenvalue weighted by molar-refractivity contribution is 6.17. The van der Waals surface area contributed by atoms with Crippen LogP contribution >= 0.6 is 0 Å². The molecule has 0 saturated carbocycles. The van der Waals surface area contributed by atoms with Gasteiger partial charge in [-0.3, -0.25) is 4.79 Å². The Bertz CT molecular complexity index is 1460. The monoisotopic (exact) mass is 436 g/mol. The van der Waals surface area contributed by atoms with Gasteiger partial charge < -0.3 is 19.5 Å². The minimum absolute atomic E-state index is 0.0399. The minimum Gasteiger partial charge on any atom is -0.508 e. The van der Waals surface area contributed by atoms with E-state index in [0.717, 1.165) is 33.8 Å². The SMILES string of the molecule is N#CCCCn1c(-c2ccccc2)c(/C=C2/Oc3cc(O)cc(O)c3C2=O)c2ccccc21. The molecule has 0 unspecified atom stereocenters. The number of carbonyl (C=O) groups is 1. The number of phenols is 2. The highest BCUT2D eigenvalue weighted by atomic mass is 16.5. The van der Waals surface area contributed by atoms with Crippen LogP contribution < -0.4 is 4.74 Å². The molecule has 2 N–H and O–H groups in total. The molecule has 0 amide bonds. The second-order valence-corrected chi connectivity index (χ2v) is 7.84. The summed E-state index contributed by atoms with van der Waals surface area (Å²) in [6.45, 7) is 0.644. The van der Waals surface area contributed by atoms with Crippen LogP contribution in [0.25, 0.3) is 28.2 Å². The number of carbonyl (C=O) groups excluding carboxylic acids is 1. The standard InChI is InChI=1S/C27H20N2O4/c28-12-6-7-13-29-21-11-5-4-10-19(21)20(26(29)17-8-2-1-3-9-17)16-24-27(32)25-22(31)14-18(30)15-23(25)33-24/h1-5,8-11,14-16,30-31H,6-7,13H2/b24-16+. The first-order valence-electron chi connectivity index (χ1n) is 10.6. The average Bonchev–Trinajstić information content (AvgIpc) is 3.29. The third-order valence-corrected chi connectivity index (χ3v) is 5.74. The highest BCUT2D eigenvalue weighted by Crippen LogP contribution is 2.42. The van der Waals surface area contributed by atoms with Crippen LogP contribution in [0.4, 0.5) is 0 Å². The number of aromatic nitrogens is 1. The molecule has 1 aromatic heterocycles.